The van der Waals surface area contributed by atoms with E-state index >= 15 is 0 Å². The van der Waals surface area contributed by atoms with Gasteiger partial charge in [0.1, 0.15) is 5.75 Å². The number of phenolic OH excluding ortho intramolecular Hbond substituents is 1. The molecule has 0 heterocycles. The summed E-state index contributed by atoms with van der Waals surface area (Å²) in [6.45, 7) is 9.74. The predicted molar refractivity (Wildman–Crippen MR) is 68.0 cm³/mol. The highest BCUT2D eigenvalue weighted by Crippen LogP contribution is 2.33. The second kappa shape index (κ2) is 5.07. The Labute approximate surface area is 104 Å². The minimum Gasteiger partial charge on any atom is -0.508 e. The molecule has 1 aromatic carbocycles. The molecule has 0 spiro atoms. The summed E-state index contributed by atoms with van der Waals surface area (Å²) in [5.41, 5.74) is 0.422. The van der Waals surface area contributed by atoms with Crippen LogP contribution in [0, 0.1) is 5.92 Å². The molecule has 1 aromatic rings. The molecular weight excluding hydrogens is 214 g/mol. The smallest absolute Gasteiger partial charge is 0.115 e. The summed E-state index contributed by atoms with van der Waals surface area (Å²) in [5, 5.41) is 23.0. The number of nitrogens with zero attached hydrogens (tertiary/aromatic N) is 1. The summed E-state index contributed by atoms with van der Waals surface area (Å²) >= 11 is 0. The van der Waals surface area contributed by atoms with Gasteiger partial charge in [-0.15, -0.1) is 10.3 Å². The molecule has 3 heteroatoms. The average molecular weight is 236 g/mol. The third-order valence-corrected chi connectivity index (χ3v) is 2.76. The quantitative estimate of drug-likeness (QED) is 0.816. The van der Waals surface area contributed by atoms with Gasteiger partial charge >= 0.3 is 0 Å². The molecule has 1 rings (SSSR count). The molecule has 0 fully saturated rings. The van der Waals surface area contributed by atoms with Gasteiger partial charge in [-0.2, -0.15) is 0 Å². The van der Waals surface area contributed by atoms with E-state index in [-0.39, 0.29) is 17.7 Å². The number of hydroxylamine groups is 2. The van der Waals surface area contributed by atoms with E-state index in [2.05, 4.69) is 0 Å². The maximum absolute atomic E-state index is 12.4. The number of phenols is 1. The molecule has 1 radical (unpaired) electrons. The van der Waals surface area contributed by atoms with E-state index in [0.29, 0.717) is 0 Å². The molecule has 0 saturated carbocycles. The maximum Gasteiger partial charge on any atom is 0.115 e. The molecule has 3 nitrogen and oxygen atoms in total. The summed E-state index contributed by atoms with van der Waals surface area (Å²) in [7, 11) is 0. The molecule has 1 unspecified atom stereocenters. The lowest BCUT2D eigenvalue weighted by atomic mass is 9.92. The van der Waals surface area contributed by atoms with Gasteiger partial charge in [0.25, 0.3) is 0 Å². The molecular formula is C14H22NO2. The fourth-order valence-electron chi connectivity index (χ4n) is 1.92. The Bertz CT molecular complexity index is 369. The standard InChI is InChI=1S/C14H22NO2/c1-10(2)13(15(17)14(3,4)5)11-7-6-8-12(16)9-11/h6-10,13,16H,1-5H3. The SMILES string of the molecule is CC(C)C(c1cccc(O)c1)N([O])C(C)(C)C. The van der Waals surface area contributed by atoms with Crippen LogP contribution in [0.4, 0.5) is 0 Å². The normalized spacial score (nSPS) is 14.4. The molecule has 95 valence electrons. The first-order valence-electron chi connectivity index (χ1n) is 5.99. The first-order chi connectivity index (χ1) is 7.73. The number of hydrogen-bond acceptors (Lipinski definition) is 2. The van der Waals surface area contributed by atoms with E-state index in [1.807, 2.05) is 40.7 Å². The second-order valence-corrected chi connectivity index (χ2v) is 5.78. The molecule has 0 aliphatic heterocycles. The zero-order valence-electron chi connectivity index (χ0n) is 11.3. The van der Waals surface area contributed by atoms with E-state index in [1.54, 1.807) is 18.2 Å². The van der Waals surface area contributed by atoms with Crippen molar-refractivity contribution in [2.45, 2.75) is 46.2 Å². The van der Waals surface area contributed by atoms with Crippen molar-refractivity contribution in [3.63, 3.8) is 0 Å². The van der Waals surface area contributed by atoms with Gasteiger partial charge in [0.2, 0.25) is 0 Å². The Morgan fingerprint density at radius 3 is 2.24 bits per heavy atom. The van der Waals surface area contributed by atoms with E-state index in [0.717, 1.165) is 10.6 Å². The van der Waals surface area contributed by atoms with Crippen molar-refractivity contribution >= 4 is 0 Å². The monoisotopic (exact) mass is 236 g/mol. The number of aromatic hydroxyl groups is 1. The van der Waals surface area contributed by atoms with Crippen LogP contribution in [0.15, 0.2) is 24.3 Å². The Morgan fingerprint density at radius 1 is 1.24 bits per heavy atom. The number of benzene rings is 1. The van der Waals surface area contributed by atoms with E-state index in [4.69, 9.17) is 0 Å². The summed E-state index contributed by atoms with van der Waals surface area (Å²) in [6.07, 6.45) is 0. The molecule has 0 bridgehead atoms. The van der Waals surface area contributed by atoms with Gasteiger partial charge in [-0.3, -0.25) is 0 Å². The van der Waals surface area contributed by atoms with E-state index in [1.165, 1.54) is 0 Å². The van der Waals surface area contributed by atoms with Crippen LogP contribution in [-0.4, -0.2) is 15.7 Å². The van der Waals surface area contributed by atoms with Crippen LogP contribution < -0.4 is 0 Å². The number of hydrogen-bond donors (Lipinski definition) is 1. The van der Waals surface area contributed by atoms with Crippen LogP contribution >= 0.6 is 0 Å². The second-order valence-electron chi connectivity index (χ2n) is 5.78. The van der Waals surface area contributed by atoms with E-state index in [9.17, 15) is 10.3 Å². The lowest BCUT2D eigenvalue weighted by Crippen LogP contribution is -2.42. The Kier molecular flexibility index (Phi) is 4.17. The summed E-state index contributed by atoms with van der Waals surface area (Å²) < 4.78 is 0. The molecule has 0 aliphatic carbocycles. The van der Waals surface area contributed by atoms with Crippen molar-refractivity contribution in [2.75, 3.05) is 0 Å². The van der Waals surface area contributed by atoms with Gasteiger partial charge in [0.05, 0.1) is 6.04 Å². The molecule has 1 N–H and O–H groups in total. The summed E-state index contributed by atoms with van der Waals surface area (Å²) in [4.78, 5) is 0. The number of rotatable bonds is 3. The highest BCUT2D eigenvalue weighted by atomic mass is 16.5. The fraction of sp³-hybridized carbons (Fsp3) is 0.571. The van der Waals surface area contributed by atoms with Gasteiger partial charge in [0, 0.05) is 5.54 Å². The van der Waals surface area contributed by atoms with Crippen molar-refractivity contribution in [1.29, 1.82) is 0 Å². The van der Waals surface area contributed by atoms with Gasteiger partial charge < -0.3 is 5.11 Å². The van der Waals surface area contributed by atoms with Crippen LogP contribution in [-0.2, 0) is 5.21 Å². The van der Waals surface area contributed by atoms with E-state index < -0.39 is 5.54 Å². The fourth-order valence-corrected chi connectivity index (χ4v) is 1.92. The molecule has 0 aromatic heterocycles. The Balaban J connectivity index is 3.10. The third-order valence-electron chi connectivity index (χ3n) is 2.76. The lowest BCUT2D eigenvalue weighted by Gasteiger charge is -2.36. The molecule has 0 aliphatic rings. The van der Waals surface area contributed by atoms with Crippen LogP contribution in [0.25, 0.3) is 0 Å². The van der Waals surface area contributed by atoms with Crippen molar-refractivity contribution in [3.05, 3.63) is 29.8 Å². The van der Waals surface area contributed by atoms with Crippen LogP contribution in [0.1, 0.15) is 46.2 Å². The van der Waals surface area contributed by atoms with Crippen LogP contribution in [0.5, 0.6) is 5.75 Å². The maximum atomic E-state index is 12.4. The topological polar surface area (TPSA) is 43.4 Å². The first-order valence-corrected chi connectivity index (χ1v) is 5.99. The minimum absolute atomic E-state index is 0.188. The largest absolute Gasteiger partial charge is 0.508 e. The highest BCUT2D eigenvalue weighted by molar-refractivity contribution is 5.29. The highest BCUT2D eigenvalue weighted by Gasteiger charge is 2.32. The molecule has 1 atom stereocenters. The van der Waals surface area contributed by atoms with Gasteiger partial charge in [-0.25, -0.2) is 0 Å². The van der Waals surface area contributed by atoms with Crippen molar-refractivity contribution in [2.24, 2.45) is 5.92 Å². The average Bonchev–Trinajstić information content (AvgIpc) is 2.15. The summed E-state index contributed by atoms with van der Waals surface area (Å²) in [5.74, 6) is 0.393. The predicted octanol–water partition coefficient (Wildman–Crippen LogP) is 3.54. The van der Waals surface area contributed by atoms with Crippen LogP contribution in [0.2, 0.25) is 0 Å². The van der Waals surface area contributed by atoms with Gasteiger partial charge in [-0.05, 0) is 44.4 Å². The van der Waals surface area contributed by atoms with Crippen LogP contribution in [0.3, 0.4) is 0 Å². The van der Waals surface area contributed by atoms with Crippen molar-refractivity contribution < 1.29 is 10.3 Å². The Morgan fingerprint density at radius 2 is 1.82 bits per heavy atom. The molecule has 17 heavy (non-hydrogen) atoms. The molecule has 0 saturated heterocycles. The van der Waals surface area contributed by atoms with Crippen molar-refractivity contribution in [1.82, 2.24) is 5.06 Å². The lowest BCUT2D eigenvalue weighted by molar-refractivity contribution is -0.250. The summed E-state index contributed by atoms with van der Waals surface area (Å²) in [6, 6.07) is 6.72. The van der Waals surface area contributed by atoms with Gasteiger partial charge in [-0.1, -0.05) is 26.0 Å². The van der Waals surface area contributed by atoms with Gasteiger partial charge in [0.15, 0.2) is 0 Å². The zero-order chi connectivity index (χ0) is 13.2. The third kappa shape index (κ3) is 3.45. The Hall–Kier alpha value is -1.06. The minimum atomic E-state index is -0.444. The van der Waals surface area contributed by atoms with Crippen molar-refractivity contribution in [3.8, 4) is 5.75 Å². The molecule has 0 amide bonds. The zero-order valence-corrected chi connectivity index (χ0v) is 11.3. The first kappa shape index (κ1) is 14.0.